The van der Waals surface area contributed by atoms with E-state index < -0.39 is 16.1 Å². The number of aliphatic imine (C=N–C) groups is 2. The Morgan fingerprint density at radius 1 is 0.535 bits per heavy atom. The molecule has 0 radical (unpaired) electrons. The molecule has 0 aromatic heterocycles. The maximum absolute atomic E-state index is 6.20. The van der Waals surface area contributed by atoms with Gasteiger partial charge in [0.05, 0.1) is 27.5 Å². The molecule has 0 bridgehead atoms. The fourth-order valence-electron chi connectivity index (χ4n) is 8.52. The molecule has 1 heterocycles. The van der Waals surface area contributed by atoms with Crippen molar-refractivity contribution in [2.24, 2.45) is 9.98 Å². The summed E-state index contributed by atoms with van der Waals surface area (Å²) >= 11 is 0.569. The number of nitrogens with zero attached hydrogens (tertiary/aromatic N) is 2. The van der Waals surface area contributed by atoms with Crippen LogP contribution in [0.3, 0.4) is 0 Å². The van der Waals surface area contributed by atoms with E-state index in [9.17, 15) is 0 Å². The average Bonchev–Trinajstić information content (AvgIpc) is 2.91. The third kappa shape index (κ3) is 8.00. The molecule has 2 aromatic carbocycles. The van der Waals surface area contributed by atoms with Crippen molar-refractivity contribution < 1.29 is 22.1 Å². The Morgan fingerprint density at radius 3 is 1.05 bits per heavy atom. The second kappa shape index (κ2) is 17.0. The second-order valence-corrected chi connectivity index (χ2v) is 26.8. The summed E-state index contributed by atoms with van der Waals surface area (Å²) in [6.07, 6.45) is 0. The first kappa shape index (κ1) is 38.1. The molecule has 244 valence electrons. The van der Waals surface area contributed by atoms with Crippen molar-refractivity contribution in [3.8, 4) is 0 Å². The van der Waals surface area contributed by atoms with E-state index in [1.807, 2.05) is 0 Å². The predicted octanol–water partition coefficient (Wildman–Crippen LogP) is 10.6. The number of para-hydroxylation sites is 2. The second-order valence-electron chi connectivity index (χ2n) is 13.4. The maximum atomic E-state index is 6.20. The number of benzene rings is 2. The zero-order chi connectivity index (χ0) is 32.5. The molecule has 3 rings (SSSR count). The van der Waals surface area contributed by atoms with Gasteiger partial charge < -0.3 is 9.47 Å². The summed E-state index contributed by atoms with van der Waals surface area (Å²) < 4.78 is 12.4. The van der Waals surface area contributed by atoms with Crippen LogP contribution in [0.1, 0.15) is 83.1 Å². The molecule has 2 aromatic rings. The van der Waals surface area contributed by atoms with Crippen LogP contribution in [-0.2, 0) is 22.1 Å². The topological polar surface area (TPSA) is 43.2 Å². The summed E-state index contributed by atoms with van der Waals surface area (Å²) in [6, 6.07) is 17.4. The third-order valence-corrected chi connectivity index (χ3v) is 23.8. The normalized spacial score (nSPS) is 16.5. The van der Waals surface area contributed by atoms with Gasteiger partial charge in [0, 0.05) is 0 Å². The average molecular weight is 709 g/mol. The molecular formula is C34H54Cl2N2NiO2Si2. The summed E-state index contributed by atoms with van der Waals surface area (Å²) in [5.74, 6) is 0.997. The first-order valence-electron chi connectivity index (χ1n) is 15.7. The van der Waals surface area contributed by atoms with Crippen LogP contribution in [-0.4, -0.2) is 41.2 Å². The van der Waals surface area contributed by atoms with E-state index in [1.165, 1.54) is 10.4 Å². The van der Waals surface area contributed by atoms with Crippen molar-refractivity contribution in [1.82, 2.24) is 0 Å². The van der Waals surface area contributed by atoms with Crippen molar-refractivity contribution in [2.45, 2.75) is 116 Å². The van der Waals surface area contributed by atoms with Gasteiger partial charge in [0.1, 0.15) is 13.2 Å². The van der Waals surface area contributed by atoms with E-state index in [0.717, 1.165) is 11.4 Å². The third-order valence-electron chi connectivity index (χ3n) is 9.66. The van der Waals surface area contributed by atoms with Gasteiger partial charge in [0.15, 0.2) is 0 Å². The Bertz CT molecular complexity index is 1100. The number of ether oxygens (including phenoxy) is 2. The number of hydrogen-bond donors (Lipinski definition) is 0. The van der Waals surface area contributed by atoms with Crippen LogP contribution in [0.15, 0.2) is 58.5 Å². The van der Waals surface area contributed by atoms with Gasteiger partial charge in [-0.1, -0.05) is 119 Å². The SMILES string of the molecule is CC(C)[Si](c1ccccc1N=C1OCCOC1=Nc1ccccc1[Si](C(C)C)(C(C)C)C(C)C)(C(C)C)C(C)C.[Cl][Ni][Cl]. The van der Waals surface area contributed by atoms with Gasteiger partial charge in [-0.3, -0.25) is 0 Å². The van der Waals surface area contributed by atoms with Gasteiger partial charge in [0.25, 0.3) is 11.8 Å². The monoisotopic (exact) mass is 706 g/mol. The zero-order valence-corrected chi connectivity index (χ0v) is 32.8. The quantitative estimate of drug-likeness (QED) is 0.231. The van der Waals surface area contributed by atoms with Crippen molar-refractivity contribution in [1.29, 1.82) is 0 Å². The summed E-state index contributed by atoms with van der Waals surface area (Å²) in [7, 11) is 5.53. The Morgan fingerprint density at radius 2 is 0.791 bits per heavy atom. The van der Waals surface area contributed by atoms with E-state index in [2.05, 4.69) is 132 Å². The molecule has 0 amide bonds. The van der Waals surface area contributed by atoms with Crippen molar-refractivity contribution >= 4 is 70.1 Å². The molecule has 4 nitrogen and oxygen atoms in total. The first-order valence-corrected chi connectivity index (χ1v) is 22.9. The molecule has 1 aliphatic rings. The molecular weight excluding hydrogens is 654 g/mol. The van der Waals surface area contributed by atoms with E-state index in [4.69, 9.17) is 39.8 Å². The molecule has 0 aliphatic carbocycles. The molecule has 0 unspecified atom stereocenters. The summed E-state index contributed by atoms with van der Waals surface area (Å²) in [6.45, 7) is 29.7. The summed E-state index contributed by atoms with van der Waals surface area (Å²) in [5.41, 5.74) is 5.50. The van der Waals surface area contributed by atoms with Gasteiger partial charge in [-0.05, 0) is 55.8 Å². The molecule has 1 aliphatic heterocycles. The van der Waals surface area contributed by atoms with Crippen LogP contribution in [0.25, 0.3) is 0 Å². The van der Waals surface area contributed by atoms with Crippen LogP contribution in [0.5, 0.6) is 0 Å². The number of halogens is 2. The number of hydrogen-bond acceptors (Lipinski definition) is 4. The molecule has 0 saturated carbocycles. The van der Waals surface area contributed by atoms with E-state index in [-0.39, 0.29) is 0 Å². The fourth-order valence-corrected chi connectivity index (χ4v) is 22.2. The first-order chi connectivity index (χ1) is 20.2. The van der Waals surface area contributed by atoms with Crippen molar-refractivity contribution in [3.05, 3.63) is 48.5 Å². The van der Waals surface area contributed by atoms with E-state index >= 15 is 0 Å². The van der Waals surface area contributed by atoms with Gasteiger partial charge in [0.2, 0.25) is 0 Å². The Labute approximate surface area is 278 Å². The minimum absolute atomic E-state index is 0.478. The molecule has 9 heteroatoms. The molecule has 0 atom stereocenters. The van der Waals surface area contributed by atoms with Crippen LogP contribution in [0.2, 0.25) is 33.2 Å². The fraction of sp³-hybridized carbons (Fsp3) is 0.588. The molecule has 0 N–H and O–H groups in total. The summed E-state index contributed by atoms with van der Waals surface area (Å²) in [4.78, 5) is 10.4. The van der Waals surface area contributed by atoms with Crippen molar-refractivity contribution in [2.75, 3.05) is 13.2 Å². The molecule has 1 fully saturated rings. The minimum atomic E-state index is -1.94. The van der Waals surface area contributed by atoms with Gasteiger partial charge >= 0.3 is 33.0 Å². The summed E-state index contributed by atoms with van der Waals surface area (Å²) in [5, 5.41) is 2.81. The van der Waals surface area contributed by atoms with E-state index in [0.29, 0.717) is 70.9 Å². The van der Waals surface area contributed by atoms with Gasteiger partial charge in [-0.2, -0.15) is 0 Å². The standard InChI is InChI=1S/C34H54N2O2Si2.2ClH.Ni/c1-23(2)39(24(3)4,25(5)6)31-19-15-13-17-29(31)35-33-34(38-22-21-37-33)36-30-18-14-16-20-32(30)40(26(7)8,27(9)10)28(11)12;;;/h13-20,23-28H,21-22H2,1-12H3;2*1H;/q;;;+2/p-2. The predicted molar refractivity (Wildman–Crippen MR) is 192 cm³/mol. The van der Waals surface area contributed by atoms with Crippen molar-refractivity contribution in [3.63, 3.8) is 0 Å². The molecule has 43 heavy (non-hydrogen) atoms. The Balaban J connectivity index is 0.00000206. The van der Waals surface area contributed by atoms with Crippen LogP contribution >= 0.6 is 20.4 Å². The van der Waals surface area contributed by atoms with Crippen LogP contribution in [0.4, 0.5) is 11.4 Å². The van der Waals surface area contributed by atoms with Crippen LogP contribution < -0.4 is 10.4 Å². The van der Waals surface area contributed by atoms with Gasteiger partial charge in [-0.15, -0.1) is 0 Å². The Hall–Kier alpha value is -1.11. The van der Waals surface area contributed by atoms with Gasteiger partial charge in [-0.25, -0.2) is 9.98 Å². The molecule has 0 spiro atoms. The van der Waals surface area contributed by atoms with Crippen LogP contribution in [0, 0.1) is 0 Å². The zero-order valence-electron chi connectivity index (χ0n) is 28.3. The number of rotatable bonds is 10. The molecule has 1 saturated heterocycles. The van der Waals surface area contributed by atoms with E-state index in [1.54, 1.807) is 0 Å². The Kier molecular flexibility index (Phi) is 15.0.